The quantitative estimate of drug-likeness (QED) is 0.518. The Labute approximate surface area is 178 Å². The summed E-state index contributed by atoms with van der Waals surface area (Å²) in [5, 5.41) is 5.69. The number of carbonyl (C=O) groups excluding carboxylic acids is 1. The van der Waals surface area contributed by atoms with Crippen molar-refractivity contribution in [1.29, 1.82) is 0 Å². The molecule has 2 N–H and O–H groups in total. The summed E-state index contributed by atoms with van der Waals surface area (Å²) < 4.78 is 49.5. The number of ether oxygens (including phenoxy) is 2. The maximum Gasteiger partial charge on any atom is 0.416 e. The largest absolute Gasteiger partial charge is 0.492 e. The van der Waals surface area contributed by atoms with Gasteiger partial charge in [0, 0.05) is 12.2 Å². The van der Waals surface area contributed by atoms with Gasteiger partial charge >= 0.3 is 6.18 Å². The number of halogens is 3. The molecular formula is C22H24F3N3O3. The molecule has 31 heavy (non-hydrogen) atoms. The third-order valence-electron chi connectivity index (χ3n) is 4.62. The average molecular weight is 435 g/mol. The first-order valence-corrected chi connectivity index (χ1v) is 10.0. The summed E-state index contributed by atoms with van der Waals surface area (Å²) >= 11 is 0. The van der Waals surface area contributed by atoms with E-state index >= 15 is 0 Å². The van der Waals surface area contributed by atoms with Crippen LogP contribution < -0.4 is 15.4 Å². The van der Waals surface area contributed by atoms with E-state index in [9.17, 15) is 18.0 Å². The van der Waals surface area contributed by atoms with Gasteiger partial charge in [0.15, 0.2) is 0 Å². The number of hydrogen-bond acceptors (Lipinski definition) is 4. The van der Waals surface area contributed by atoms with Crippen molar-refractivity contribution in [2.75, 3.05) is 25.1 Å². The predicted molar refractivity (Wildman–Crippen MR) is 111 cm³/mol. The number of alkyl halides is 3. The summed E-state index contributed by atoms with van der Waals surface area (Å²) in [6.07, 6.45) is -2.68. The molecule has 0 aliphatic carbocycles. The molecule has 1 aliphatic rings. The molecule has 0 radical (unpaired) electrons. The third-order valence-corrected chi connectivity index (χ3v) is 4.62. The summed E-state index contributed by atoms with van der Waals surface area (Å²) in [7, 11) is 0. The Bertz CT molecular complexity index is 908. The first-order valence-electron chi connectivity index (χ1n) is 10.0. The van der Waals surface area contributed by atoms with E-state index in [2.05, 4.69) is 15.6 Å². The second kappa shape index (κ2) is 10.3. The summed E-state index contributed by atoms with van der Waals surface area (Å²) in [4.78, 5) is 17.1. The molecule has 0 bridgehead atoms. The minimum absolute atomic E-state index is 0.0399. The molecule has 166 valence electrons. The van der Waals surface area contributed by atoms with Gasteiger partial charge in [-0.2, -0.15) is 13.2 Å². The van der Waals surface area contributed by atoms with Gasteiger partial charge in [-0.1, -0.05) is 12.1 Å². The van der Waals surface area contributed by atoms with E-state index in [0.717, 1.165) is 37.1 Å². The Morgan fingerprint density at radius 3 is 2.58 bits per heavy atom. The molecule has 1 heterocycles. The van der Waals surface area contributed by atoms with Gasteiger partial charge in [0.1, 0.15) is 5.75 Å². The highest BCUT2D eigenvalue weighted by atomic mass is 19.4. The van der Waals surface area contributed by atoms with Gasteiger partial charge in [-0.05, 0) is 56.2 Å². The van der Waals surface area contributed by atoms with Gasteiger partial charge in [-0.25, -0.2) is 4.99 Å². The lowest BCUT2D eigenvalue weighted by molar-refractivity contribution is -0.137. The summed E-state index contributed by atoms with van der Waals surface area (Å²) in [6.45, 7) is 3.33. The monoisotopic (exact) mass is 435 g/mol. The first kappa shape index (κ1) is 22.6. The number of carbonyl (C=O) groups is 1. The van der Waals surface area contributed by atoms with E-state index in [-0.39, 0.29) is 17.6 Å². The smallest absolute Gasteiger partial charge is 0.416 e. The van der Waals surface area contributed by atoms with Gasteiger partial charge in [-0.3, -0.25) is 10.1 Å². The summed E-state index contributed by atoms with van der Waals surface area (Å²) in [5.74, 6) is 0.160. The molecule has 1 amide bonds. The molecule has 3 rings (SSSR count). The van der Waals surface area contributed by atoms with Gasteiger partial charge in [0.25, 0.3) is 5.91 Å². The zero-order valence-electron chi connectivity index (χ0n) is 17.0. The van der Waals surface area contributed by atoms with E-state index in [1.54, 1.807) is 18.2 Å². The number of hydrogen-bond donors (Lipinski definition) is 2. The highest BCUT2D eigenvalue weighted by molar-refractivity contribution is 6.10. The van der Waals surface area contributed by atoms with Crippen molar-refractivity contribution in [3.63, 3.8) is 0 Å². The molecule has 1 atom stereocenters. The number of benzene rings is 2. The number of amides is 1. The SMILES string of the molecule is CCOc1ccccc1NC(=NC[C@H]1CCCO1)NC(=O)c1ccc(C(F)(F)F)cc1. The lowest BCUT2D eigenvalue weighted by Gasteiger charge is -2.16. The topological polar surface area (TPSA) is 71.9 Å². The Morgan fingerprint density at radius 2 is 1.94 bits per heavy atom. The van der Waals surface area contributed by atoms with Crippen LogP contribution in [0.1, 0.15) is 35.7 Å². The van der Waals surface area contributed by atoms with E-state index in [1.165, 1.54) is 0 Å². The fourth-order valence-electron chi connectivity index (χ4n) is 3.06. The molecule has 0 spiro atoms. The highest BCUT2D eigenvalue weighted by Gasteiger charge is 2.30. The van der Waals surface area contributed by atoms with Crippen LogP contribution in [0.5, 0.6) is 5.75 Å². The normalized spacial score (nSPS) is 16.8. The van der Waals surface area contributed by atoms with Crippen LogP contribution in [0.4, 0.5) is 18.9 Å². The van der Waals surface area contributed by atoms with Crippen LogP contribution in [0.15, 0.2) is 53.5 Å². The fourth-order valence-corrected chi connectivity index (χ4v) is 3.06. The fraction of sp³-hybridized carbons (Fsp3) is 0.364. The van der Waals surface area contributed by atoms with Crippen LogP contribution in [0.3, 0.4) is 0 Å². The average Bonchev–Trinajstić information content (AvgIpc) is 3.27. The van der Waals surface area contributed by atoms with E-state index in [0.29, 0.717) is 31.2 Å². The molecule has 0 aromatic heterocycles. The van der Waals surface area contributed by atoms with Crippen molar-refractivity contribution >= 4 is 17.6 Å². The number of para-hydroxylation sites is 2. The van der Waals surface area contributed by atoms with E-state index in [4.69, 9.17) is 9.47 Å². The molecule has 0 saturated carbocycles. The van der Waals surface area contributed by atoms with Crippen molar-refractivity contribution in [3.05, 3.63) is 59.7 Å². The number of aliphatic imine (C=N–C) groups is 1. The van der Waals surface area contributed by atoms with Crippen LogP contribution in [0.2, 0.25) is 0 Å². The molecule has 0 unspecified atom stereocenters. The van der Waals surface area contributed by atoms with Crippen LogP contribution in [0, 0.1) is 0 Å². The van der Waals surface area contributed by atoms with Gasteiger partial charge < -0.3 is 14.8 Å². The molecule has 1 saturated heterocycles. The Morgan fingerprint density at radius 1 is 1.19 bits per heavy atom. The van der Waals surface area contributed by atoms with Crippen LogP contribution in [-0.4, -0.2) is 37.7 Å². The molecule has 2 aromatic rings. The number of anilines is 1. The predicted octanol–water partition coefficient (Wildman–Crippen LogP) is 4.48. The number of guanidine groups is 1. The minimum atomic E-state index is -4.46. The van der Waals surface area contributed by atoms with E-state index < -0.39 is 17.6 Å². The Kier molecular flexibility index (Phi) is 7.51. The van der Waals surface area contributed by atoms with Crippen molar-refractivity contribution in [2.45, 2.75) is 32.0 Å². The Hall–Kier alpha value is -3.07. The highest BCUT2D eigenvalue weighted by Crippen LogP contribution is 2.29. The van der Waals surface area contributed by atoms with Gasteiger partial charge in [0.05, 0.1) is 30.5 Å². The van der Waals surface area contributed by atoms with Crippen molar-refractivity contribution in [3.8, 4) is 5.75 Å². The summed E-state index contributed by atoms with van der Waals surface area (Å²) in [5.41, 5.74) is -0.138. The zero-order chi connectivity index (χ0) is 22.3. The molecule has 1 fully saturated rings. The Balaban J connectivity index is 1.77. The van der Waals surface area contributed by atoms with E-state index in [1.807, 2.05) is 13.0 Å². The molecule has 9 heteroatoms. The first-order chi connectivity index (χ1) is 14.9. The maximum absolute atomic E-state index is 12.8. The second-order valence-electron chi connectivity index (χ2n) is 6.91. The number of nitrogens with zero attached hydrogens (tertiary/aromatic N) is 1. The maximum atomic E-state index is 12.8. The van der Waals surface area contributed by atoms with Gasteiger partial charge in [0.2, 0.25) is 5.96 Å². The van der Waals surface area contributed by atoms with Crippen molar-refractivity contribution < 1.29 is 27.4 Å². The lowest BCUT2D eigenvalue weighted by atomic mass is 10.1. The number of nitrogens with one attached hydrogen (secondary N) is 2. The minimum Gasteiger partial charge on any atom is -0.492 e. The van der Waals surface area contributed by atoms with Crippen molar-refractivity contribution in [1.82, 2.24) is 5.32 Å². The zero-order valence-corrected chi connectivity index (χ0v) is 17.0. The third kappa shape index (κ3) is 6.45. The summed E-state index contributed by atoms with van der Waals surface area (Å²) in [6, 6.07) is 11.2. The van der Waals surface area contributed by atoms with Gasteiger partial charge in [-0.15, -0.1) is 0 Å². The van der Waals surface area contributed by atoms with Crippen molar-refractivity contribution in [2.24, 2.45) is 4.99 Å². The molecule has 1 aliphatic heterocycles. The lowest BCUT2D eigenvalue weighted by Crippen LogP contribution is -2.37. The van der Waals surface area contributed by atoms with Crippen LogP contribution >= 0.6 is 0 Å². The van der Waals surface area contributed by atoms with Crippen LogP contribution in [-0.2, 0) is 10.9 Å². The number of rotatable bonds is 6. The molecule has 6 nitrogen and oxygen atoms in total. The second-order valence-corrected chi connectivity index (χ2v) is 6.91. The van der Waals surface area contributed by atoms with Crippen LogP contribution in [0.25, 0.3) is 0 Å². The molecule has 2 aromatic carbocycles. The standard InChI is InChI=1S/C22H24F3N3O3/c1-2-30-19-8-4-3-7-18(19)27-21(26-14-17-6-5-13-31-17)28-20(29)15-9-11-16(12-10-15)22(23,24)25/h3-4,7-12,17H,2,5-6,13-14H2,1H3,(H2,26,27,28,29)/t17-/m1/s1. The molecular weight excluding hydrogens is 411 g/mol.